The number of esters is 1. The summed E-state index contributed by atoms with van der Waals surface area (Å²) in [5.41, 5.74) is 1.58. The highest BCUT2D eigenvalue weighted by Gasteiger charge is 2.29. The highest BCUT2D eigenvalue weighted by molar-refractivity contribution is 6.05. The summed E-state index contributed by atoms with van der Waals surface area (Å²) in [5.74, 6) is -0.914. The molecule has 2 amide bonds. The summed E-state index contributed by atoms with van der Waals surface area (Å²) in [6, 6.07) is 16.1. The van der Waals surface area contributed by atoms with Crippen LogP contribution in [0.2, 0.25) is 0 Å². The lowest BCUT2D eigenvalue weighted by molar-refractivity contribution is -0.126. The van der Waals surface area contributed by atoms with E-state index in [1.165, 1.54) is 0 Å². The molecule has 1 aliphatic rings. The number of amides is 2. The monoisotopic (exact) mass is 380 g/mol. The normalized spacial score (nSPS) is 14.6. The standard InChI is InChI=1S/C22H24N2O4/c1-3-23(17-10-5-4-6-11-17)21(26)16(2)28-22(27)18-12-7-8-13-19(18)24-15-9-14-20(24)25/h4-8,10-13,16H,3,9,14-15H2,1-2H3/t16-/m1/s1. The minimum absolute atomic E-state index is 0.00869. The van der Waals surface area contributed by atoms with Crippen LogP contribution in [0, 0.1) is 0 Å². The summed E-state index contributed by atoms with van der Waals surface area (Å²) >= 11 is 0. The topological polar surface area (TPSA) is 66.9 Å². The van der Waals surface area contributed by atoms with Crippen LogP contribution < -0.4 is 9.80 Å². The van der Waals surface area contributed by atoms with Gasteiger partial charge in [0.25, 0.3) is 5.91 Å². The van der Waals surface area contributed by atoms with Crippen LogP contribution in [-0.4, -0.2) is 37.0 Å². The Morgan fingerprint density at radius 2 is 1.79 bits per heavy atom. The summed E-state index contributed by atoms with van der Waals surface area (Å²) in [4.78, 5) is 40.8. The first kappa shape index (κ1) is 19.6. The van der Waals surface area contributed by atoms with E-state index in [1.54, 1.807) is 41.0 Å². The van der Waals surface area contributed by atoms with Crippen LogP contribution in [0.5, 0.6) is 0 Å². The maximum absolute atomic E-state index is 12.8. The van der Waals surface area contributed by atoms with Gasteiger partial charge in [-0.1, -0.05) is 30.3 Å². The largest absolute Gasteiger partial charge is 0.449 e. The number of anilines is 2. The average Bonchev–Trinajstić information content (AvgIpc) is 3.15. The zero-order chi connectivity index (χ0) is 20.1. The Labute approximate surface area is 164 Å². The fourth-order valence-corrected chi connectivity index (χ4v) is 3.35. The summed E-state index contributed by atoms with van der Waals surface area (Å²) in [6.45, 7) is 4.47. The van der Waals surface area contributed by atoms with Crippen LogP contribution in [0.15, 0.2) is 54.6 Å². The van der Waals surface area contributed by atoms with Crippen LogP contribution in [0.4, 0.5) is 11.4 Å². The average molecular weight is 380 g/mol. The van der Waals surface area contributed by atoms with Crippen molar-refractivity contribution in [3.8, 4) is 0 Å². The third kappa shape index (κ3) is 4.06. The van der Waals surface area contributed by atoms with Gasteiger partial charge < -0.3 is 14.5 Å². The quantitative estimate of drug-likeness (QED) is 0.721. The number of hydrogen-bond donors (Lipinski definition) is 0. The Morgan fingerprint density at radius 1 is 1.11 bits per heavy atom. The first-order chi connectivity index (χ1) is 13.5. The summed E-state index contributed by atoms with van der Waals surface area (Å²) < 4.78 is 5.47. The molecular weight excluding hydrogens is 356 g/mol. The molecule has 6 nitrogen and oxygen atoms in total. The molecule has 1 atom stereocenters. The van der Waals surface area contributed by atoms with Gasteiger partial charge in [-0.2, -0.15) is 0 Å². The Bertz CT molecular complexity index is 866. The molecular formula is C22H24N2O4. The molecule has 0 spiro atoms. The summed E-state index contributed by atoms with van der Waals surface area (Å²) in [5, 5.41) is 0. The molecule has 146 valence electrons. The van der Waals surface area contributed by atoms with Gasteiger partial charge in [-0.25, -0.2) is 4.79 Å². The fourth-order valence-electron chi connectivity index (χ4n) is 3.35. The first-order valence-electron chi connectivity index (χ1n) is 9.49. The van der Waals surface area contributed by atoms with Crippen molar-refractivity contribution in [3.05, 3.63) is 60.2 Å². The van der Waals surface area contributed by atoms with Gasteiger partial charge in [0.05, 0.1) is 11.3 Å². The van der Waals surface area contributed by atoms with E-state index in [1.807, 2.05) is 37.3 Å². The van der Waals surface area contributed by atoms with Crippen LogP contribution in [0.3, 0.4) is 0 Å². The van der Waals surface area contributed by atoms with Crippen molar-refractivity contribution >= 4 is 29.2 Å². The molecule has 3 rings (SSSR count). The molecule has 0 saturated carbocycles. The van der Waals surface area contributed by atoms with Crippen molar-refractivity contribution < 1.29 is 19.1 Å². The summed E-state index contributed by atoms with van der Waals surface area (Å²) in [6.07, 6.45) is 0.287. The highest BCUT2D eigenvalue weighted by Crippen LogP contribution is 2.26. The molecule has 2 aromatic carbocycles. The Balaban J connectivity index is 1.76. The number of carbonyl (C=O) groups excluding carboxylic acids is 3. The van der Waals surface area contributed by atoms with Gasteiger partial charge in [-0.3, -0.25) is 9.59 Å². The van der Waals surface area contributed by atoms with Gasteiger partial charge >= 0.3 is 5.97 Å². The SMILES string of the molecule is CCN(C(=O)[C@@H](C)OC(=O)c1ccccc1N1CCCC1=O)c1ccccc1. The Hall–Kier alpha value is -3.15. The second-order valence-electron chi connectivity index (χ2n) is 6.63. The summed E-state index contributed by atoms with van der Waals surface area (Å²) in [7, 11) is 0. The second kappa shape index (κ2) is 8.69. The van der Waals surface area contributed by atoms with E-state index in [4.69, 9.17) is 4.74 Å². The molecule has 0 aromatic heterocycles. The number of carbonyl (C=O) groups is 3. The smallest absolute Gasteiger partial charge is 0.341 e. The molecule has 28 heavy (non-hydrogen) atoms. The van der Waals surface area contributed by atoms with Crippen molar-refractivity contribution in [1.82, 2.24) is 0 Å². The van der Waals surface area contributed by atoms with Gasteiger partial charge in [0.15, 0.2) is 6.10 Å². The first-order valence-corrected chi connectivity index (χ1v) is 9.49. The number of para-hydroxylation sites is 2. The lowest BCUT2D eigenvalue weighted by Gasteiger charge is -2.25. The van der Waals surface area contributed by atoms with Crippen LogP contribution in [-0.2, 0) is 14.3 Å². The fraction of sp³-hybridized carbons (Fsp3) is 0.318. The van der Waals surface area contributed by atoms with Crippen molar-refractivity contribution in [2.45, 2.75) is 32.8 Å². The Morgan fingerprint density at radius 3 is 2.43 bits per heavy atom. The van der Waals surface area contributed by atoms with Crippen LogP contribution >= 0.6 is 0 Å². The van der Waals surface area contributed by atoms with E-state index in [0.717, 1.165) is 12.1 Å². The molecule has 1 aliphatic heterocycles. The number of ether oxygens (including phenoxy) is 1. The van der Waals surface area contributed by atoms with Crippen LogP contribution in [0.1, 0.15) is 37.0 Å². The number of hydrogen-bond acceptors (Lipinski definition) is 4. The number of benzene rings is 2. The predicted molar refractivity (Wildman–Crippen MR) is 107 cm³/mol. The van der Waals surface area contributed by atoms with E-state index in [0.29, 0.717) is 30.8 Å². The second-order valence-corrected chi connectivity index (χ2v) is 6.63. The maximum atomic E-state index is 12.8. The third-order valence-electron chi connectivity index (χ3n) is 4.77. The van der Waals surface area contributed by atoms with Crippen molar-refractivity contribution in [2.24, 2.45) is 0 Å². The molecule has 1 saturated heterocycles. The predicted octanol–water partition coefficient (Wildman–Crippen LogP) is 3.41. The lowest BCUT2D eigenvalue weighted by atomic mass is 10.1. The van der Waals surface area contributed by atoms with Gasteiger partial charge in [0.2, 0.25) is 5.91 Å². The molecule has 6 heteroatoms. The van der Waals surface area contributed by atoms with Crippen molar-refractivity contribution in [1.29, 1.82) is 0 Å². The Kier molecular flexibility index (Phi) is 6.09. The molecule has 1 fully saturated rings. The molecule has 2 aromatic rings. The third-order valence-corrected chi connectivity index (χ3v) is 4.77. The van der Waals surface area contributed by atoms with Gasteiger partial charge in [0.1, 0.15) is 0 Å². The van der Waals surface area contributed by atoms with E-state index >= 15 is 0 Å². The number of nitrogens with zero attached hydrogens (tertiary/aromatic N) is 2. The minimum atomic E-state index is -0.949. The lowest BCUT2D eigenvalue weighted by Crippen LogP contribution is -2.40. The minimum Gasteiger partial charge on any atom is -0.449 e. The van der Waals surface area contributed by atoms with E-state index in [9.17, 15) is 14.4 Å². The molecule has 0 radical (unpaired) electrons. The van der Waals surface area contributed by atoms with E-state index in [-0.39, 0.29) is 11.8 Å². The molecule has 0 aliphatic carbocycles. The van der Waals surface area contributed by atoms with Crippen LogP contribution in [0.25, 0.3) is 0 Å². The number of likely N-dealkylation sites (N-methyl/N-ethyl adjacent to an activating group) is 1. The van der Waals surface area contributed by atoms with Crippen molar-refractivity contribution in [2.75, 3.05) is 22.9 Å². The van der Waals surface area contributed by atoms with E-state index < -0.39 is 12.1 Å². The molecule has 0 N–H and O–H groups in total. The van der Waals surface area contributed by atoms with Crippen molar-refractivity contribution in [3.63, 3.8) is 0 Å². The molecule has 1 heterocycles. The van der Waals surface area contributed by atoms with Gasteiger partial charge in [0, 0.05) is 25.2 Å². The number of rotatable bonds is 6. The van der Waals surface area contributed by atoms with E-state index in [2.05, 4.69) is 0 Å². The zero-order valence-electron chi connectivity index (χ0n) is 16.1. The maximum Gasteiger partial charge on any atom is 0.341 e. The zero-order valence-corrected chi connectivity index (χ0v) is 16.1. The molecule has 0 bridgehead atoms. The van der Waals surface area contributed by atoms with Gasteiger partial charge in [-0.15, -0.1) is 0 Å². The van der Waals surface area contributed by atoms with Gasteiger partial charge in [-0.05, 0) is 44.5 Å². The highest BCUT2D eigenvalue weighted by atomic mass is 16.5. The molecule has 0 unspecified atom stereocenters.